The number of hydrogen-bond donors (Lipinski definition) is 6. The van der Waals surface area contributed by atoms with Crippen molar-refractivity contribution in [3.05, 3.63) is 42.0 Å². The van der Waals surface area contributed by atoms with Crippen molar-refractivity contribution in [2.75, 3.05) is 20.1 Å². The van der Waals surface area contributed by atoms with Gasteiger partial charge in [0.25, 0.3) is 11.8 Å². The Morgan fingerprint density at radius 2 is 1.78 bits per heavy atom. The lowest BCUT2D eigenvalue weighted by Gasteiger charge is -2.32. The first-order chi connectivity index (χ1) is 25.6. The fourth-order valence-electron chi connectivity index (χ4n) is 7.40. The number of ketones is 1. The molecule has 2 aliphatic rings. The quantitative estimate of drug-likeness (QED) is 0.0905. The minimum absolute atomic E-state index is 0.00510. The van der Waals surface area contributed by atoms with Crippen LogP contribution in [-0.4, -0.2) is 119 Å². The van der Waals surface area contributed by atoms with Gasteiger partial charge in [0.1, 0.15) is 17.7 Å². The molecule has 1 aliphatic heterocycles. The third-order valence-corrected chi connectivity index (χ3v) is 10.4. The topological polar surface area (TPSA) is 259 Å². The number of rotatable bonds is 16. The highest BCUT2D eigenvalue weighted by atomic mass is 16.4. The summed E-state index contributed by atoms with van der Waals surface area (Å²) in [5, 5.41) is 33.7. The van der Waals surface area contributed by atoms with E-state index in [0.717, 1.165) is 37.0 Å². The zero-order valence-electron chi connectivity index (χ0n) is 30.9. The number of Topliss-reactive ketones (excluding diaryl/α,β-unsaturated/α-hetero) is 1. The smallest absolute Gasteiger partial charge is 0.407 e. The highest BCUT2D eigenvalue weighted by Crippen LogP contribution is 2.33. The van der Waals surface area contributed by atoms with Gasteiger partial charge in [0, 0.05) is 26.6 Å². The largest absolute Gasteiger partial charge is 0.465 e. The Balaban J connectivity index is 1.43. The van der Waals surface area contributed by atoms with Gasteiger partial charge >= 0.3 is 6.09 Å². The number of aromatic nitrogens is 5. The van der Waals surface area contributed by atoms with Crippen LogP contribution in [0.15, 0.2) is 30.5 Å². The van der Waals surface area contributed by atoms with Crippen LogP contribution in [0.5, 0.6) is 0 Å². The number of primary amides is 1. The zero-order valence-corrected chi connectivity index (χ0v) is 30.9. The summed E-state index contributed by atoms with van der Waals surface area (Å²) in [6.45, 7) is 3.25. The minimum atomic E-state index is -1.36. The van der Waals surface area contributed by atoms with Gasteiger partial charge in [-0.05, 0) is 57.6 Å². The number of unbranched alkanes of at least 4 members (excludes halogenated alkanes) is 1. The van der Waals surface area contributed by atoms with Crippen LogP contribution in [-0.2, 0) is 24.8 Å². The van der Waals surface area contributed by atoms with Crippen LogP contribution in [0, 0.1) is 5.92 Å². The first kappa shape index (κ1) is 39.8. The van der Waals surface area contributed by atoms with Gasteiger partial charge in [-0.3, -0.25) is 24.0 Å². The van der Waals surface area contributed by atoms with Crippen LogP contribution in [0.1, 0.15) is 100 Å². The molecule has 0 bridgehead atoms. The molecule has 1 unspecified atom stereocenters. The molecule has 292 valence electrons. The molecule has 7 N–H and O–H groups in total. The Morgan fingerprint density at radius 1 is 1.06 bits per heavy atom. The van der Waals surface area contributed by atoms with Crippen molar-refractivity contribution < 1.29 is 39.0 Å². The van der Waals surface area contributed by atoms with Gasteiger partial charge in [-0.25, -0.2) is 14.5 Å². The molecular formula is C36H50N10O8. The van der Waals surface area contributed by atoms with Gasteiger partial charge in [0.05, 0.1) is 35.0 Å². The van der Waals surface area contributed by atoms with Crippen LogP contribution in [0.25, 0.3) is 11.0 Å². The fourth-order valence-corrected chi connectivity index (χ4v) is 7.40. The maximum Gasteiger partial charge on any atom is 0.407 e. The van der Waals surface area contributed by atoms with Crippen molar-refractivity contribution in [2.45, 2.75) is 108 Å². The third kappa shape index (κ3) is 9.58. The van der Waals surface area contributed by atoms with E-state index in [1.165, 1.54) is 22.8 Å². The predicted molar refractivity (Wildman–Crippen MR) is 194 cm³/mol. The second kappa shape index (κ2) is 17.2. The molecule has 1 saturated heterocycles. The van der Waals surface area contributed by atoms with Crippen LogP contribution in [0.3, 0.4) is 0 Å². The van der Waals surface area contributed by atoms with E-state index in [9.17, 15) is 33.9 Å². The van der Waals surface area contributed by atoms with Crippen molar-refractivity contribution in [3.8, 4) is 0 Å². The molecule has 3 aromatic rings. The second-order valence-corrected chi connectivity index (χ2v) is 14.9. The number of amides is 5. The number of para-hydroxylation sites is 2. The summed E-state index contributed by atoms with van der Waals surface area (Å²) in [7, 11) is 1.40. The van der Waals surface area contributed by atoms with E-state index < -0.39 is 65.3 Å². The van der Waals surface area contributed by atoms with Crippen molar-refractivity contribution in [2.24, 2.45) is 11.7 Å². The van der Waals surface area contributed by atoms with Gasteiger partial charge in [0.15, 0.2) is 5.82 Å². The zero-order chi connectivity index (χ0) is 39.2. The van der Waals surface area contributed by atoms with E-state index >= 15 is 0 Å². The number of nitrogens with two attached hydrogens (primary N) is 1. The molecule has 18 nitrogen and oxygen atoms in total. The highest BCUT2D eigenvalue weighted by molar-refractivity contribution is 6.37. The number of carbonyl (C=O) groups excluding carboxylic acids is 5. The third-order valence-electron chi connectivity index (χ3n) is 10.4. The van der Waals surface area contributed by atoms with Gasteiger partial charge in [-0.2, -0.15) is 0 Å². The van der Waals surface area contributed by atoms with Crippen molar-refractivity contribution in [1.29, 1.82) is 0 Å². The van der Waals surface area contributed by atoms with Crippen molar-refractivity contribution >= 4 is 46.5 Å². The SMILES string of the molecule is CN(CCCCC(NC(=O)[C@@H]1C[C@H](n2nncc2C(C)(C)O)CN1C(=O)[C@@H](CC1CCCCC1)NC(=O)c1nc2ccccc2[nH]1)C(=O)C(N)=O)C(=O)O. The summed E-state index contributed by atoms with van der Waals surface area (Å²) >= 11 is 0. The molecule has 1 aromatic carbocycles. The molecule has 4 atom stereocenters. The number of nitrogens with one attached hydrogen (secondary N) is 3. The molecule has 54 heavy (non-hydrogen) atoms. The summed E-state index contributed by atoms with van der Waals surface area (Å²) in [6, 6.07) is 2.97. The molecule has 5 rings (SSSR count). The van der Waals surface area contributed by atoms with Crippen LogP contribution in [0.2, 0.25) is 0 Å². The lowest BCUT2D eigenvalue weighted by atomic mass is 9.84. The molecule has 5 amide bonds. The molecule has 1 aliphatic carbocycles. The number of fused-ring (bicyclic) bond motifs is 1. The Kier molecular flexibility index (Phi) is 12.7. The second-order valence-electron chi connectivity index (χ2n) is 14.9. The monoisotopic (exact) mass is 750 g/mol. The summed E-state index contributed by atoms with van der Waals surface area (Å²) in [6.07, 6.45) is 6.07. The van der Waals surface area contributed by atoms with E-state index in [1.54, 1.807) is 32.0 Å². The van der Waals surface area contributed by atoms with E-state index in [2.05, 4.69) is 30.9 Å². The Hall–Kier alpha value is -5.39. The maximum absolute atomic E-state index is 14.7. The number of imidazole rings is 1. The van der Waals surface area contributed by atoms with Gasteiger partial charge in [-0.15, -0.1) is 5.10 Å². The molecule has 2 aromatic heterocycles. The minimum Gasteiger partial charge on any atom is -0.465 e. The van der Waals surface area contributed by atoms with Crippen LogP contribution < -0.4 is 16.4 Å². The standard InChI is InChI=1S/C36H50N10O8/c1-36(2,54)28-19-38-43-46(28)22-18-27(32(49)41-25(29(47)30(37)48)15-9-10-16-44(3)35(52)53)45(20-22)34(51)26(17-21-11-5-4-6-12-21)42-33(50)31-39-23-13-7-8-14-24(23)40-31/h7-8,13-14,19,21-22,25-27,54H,4-6,9-12,15-18,20H2,1-3H3,(H2,37,48)(H,39,40)(H,41,49)(H,42,50)(H,52,53)/t22-,25?,26+,27-/m0/s1. The average Bonchev–Trinajstić information content (AvgIpc) is 3.91. The number of aromatic amines is 1. The number of benzene rings is 1. The molecule has 3 heterocycles. The van der Waals surface area contributed by atoms with E-state index in [4.69, 9.17) is 10.8 Å². The van der Waals surface area contributed by atoms with Gasteiger partial charge in [-0.1, -0.05) is 49.5 Å². The maximum atomic E-state index is 14.7. The van der Waals surface area contributed by atoms with E-state index in [0.29, 0.717) is 29.6 Å². The van der Waals surface area contributed by atoms with Gasteiger partial charge in [0.2, 0.25) is 17.6 Å². The molecule has 0 radical (unpaired) electrons. The highest BCUT2D eigenvalue weighted by Gasteiger charge is 2.45. The Morgan fingerprint density at radius 3 is 2.44 bits per heavy atom. The summed E-state index contributed by atoms with van der Waals surface area (Å²) in [5.41, 5.74) is 5.57. The lowest BCUT2D eigenvalue weighted by Crippen LogP contribution is -2.56. The number of aliphatic hydroxyl groups is 1. The molecular weight excluding hydrogens is 700 g/mol. The summed E-state index contributed by atoms with van der Waals surface area (Å²) in [5.74, 6) is -3.94. The normalized spacial score (nSPS) is 18.9. The molecule has 18 heteroatoms. The first-order valence-corrected chi connectivity index (χ1v) is 18.4. The molecule has 2 fully saturated rings. The first-order valence-electron chi connectivity index (χ1n) is 18.4. The fraction of sp³-hybridized carbons (Fsp3) is 0.583. The Bertz CT molecular complexity index is 1810. The number of carbonyl (C=O) groups is 6. The van der Waals surface area contributed by atoms with Crippen LogP contribution in [0.4, 0.5) is 4.79 Å². The van der Waals surface area contributed by atoms with Gasteiger partial charge < -0.3 is 41.4 Å². The lowest BCUT2D eigenvalue weighted by molar-refractivity contribution is -0.142. The summed E-state index contributed by atoms with van der Waals surface area (Å²) < 4.78 is 1.47. The number of hydrogen-bond acceptors (Lipinski definition) is 10. The number of carboxylic acid groups (broad SMARTS) is 1. The number of likely N-dealkylation sites (tertiary alicyclic amines) is 1. The average molecular weight is 751 g/mol. The Labute approximate surface area is 312 Å². The number of nitrogens with zero attached hydrogens (tertiary/aromatic N) is 6. The summed E-state index contributed by atoms with van der Waals surface area (Å²) in [4.78, 5) is 88.6. The molecule has 1 saturated carbocycles. The molecule has 0 spiro atoms. The van der Waals surface area contributed by atoms with Crippen molar-refractivity contribution in [1.82, 2.24) is 45.4 Å². The van der Waals surface area contributed by atoms with E-state index in [-0.39, 0.29) is 44.1 Å². The van der Waals surface area contributed by atoms with E-state index in [1.807, 2.05) is 6.07 Å². The predicted octanol–water partition coefficient (Wildman–Crippen LogP) is 1.61. The van der Waals surface area contributed by atoms with Crippen molar-refractivity contribution in [3.63, 3.8) is 0 Å². The van der Waals surface area contributed by atoms with Crippen LogP contribution >= 0.6 is 0 Å². The number of H-pyrrole nitrogens is 1.